The number of carbonyl (C=O) groups is 1. The lowest BCUT2D eigenvalue weighted by Gasteiger charge is -2.35. The number of nitrogens with zero attached hydrogens (tertiary/aromatic N) is 1. The van der Waals surface area contributed by atoms with Crippen molar-refractivity contribution < 1.29 is 13.2 Å². The molecule has 8 heteroatoms. The highest BCUT2D eigenvalue weighted by Gasteiger charge is 2.35. The number of sulfone groups is 1. The van der Waals surface area contributed by atoms with E-state index in [1.165, 1.54) is 0 Å². The molecule has 21 heavy (non-hydrogen) atoms. The van der Waals surface area contributed by atoms with E-state index in [1.54, 1.807) is 35.3 Å². The molecule has 1 N–H and O–H groups in total. The minimum atomic E-state index is -3.19. The normalized spacial score (nSPS) is 25.0. The zero-order valence-corrected chi connectivity index (χ0v) is 14.9. The Balaban J connectivity index is 1.92. The van der Waals surface area contributed by atoms with E-state index in [0.717, 1.165) is 31.7 Å². The van der Waals surface area contributed by atoms with Crippen LogP contribution in [0.2, 0.25) is 0 Å². The van der Waals surface area contributed by atoms with Gasteiger partial charge in [-0.05, 0) is 25.9 Å². The summed E-state index contributed by atoms with van der Waals surface area (Å²) in [7, 11) is -3.19. The zero-order chi connectivity index (χ0) is 15.3. The Morgan fingerprint density at radius 3 is 2.76 bits per heavy atom. The minimum Gasteiger partial charge on any atom is -0.323 e. The Labute approximate surface area is 135 Å². The van der Waals surface area contributed by atoms with E-state index in [2.05, 4.69) is 5.32 Å². The van der Waals surface area contributed by atoms with Gasteiger partial charge >= 0.3 is 0 Å². The third kappa shape index (κ3) is 4.77. The highest BCUT2D eigenvalue weighted by atomic mass is 32.2. The SMILES string of the molecule is CCS(=O)(=O)C1CSCCN1C(=O)CSC1CCNCC1. The van der Waals surface area contributed by atoms with Crippen LogP contribution in [-0.4, -0.2) is 72.5 Å². The highest BCUT2D eigenvalue weighted by molar-refractivity contribution is 8.01. The van der Waals surface area contributed by atoms with E-state index < -0.39 is 15.2 Å². The van der Waals surface area contributed by atoms with Crippen molar-refractivity contribution in [3.05, 3.63) is 0 Å². The van der Waals surface area contributed by atoms with Crippen molar-refractivity contribution in [2.45, 2.75) is 30.4 Å². The van der Waals surface area contributed by atoms with Gasteiger partial charge in [0, 0.05) is 29.1 Å². The lowest BCUT2D eigenvalue weighted by atomic mass is 10.2. The molecule has 2 saturated heterocycles. The van der Waals surface area contributed by atoms with Crippen LogP contribution < -0.4 is 5.32 Å². The molecule has 2 rings (SSSR count). The molecule has 5 nitrogen and oxygen atoms in total. The Hall–Kier alpha value is 0.0800. The van der Waals surface area contributed by atoms with Crippen molar-refractivity contribution in [3.63, 3.8) is 0 Å². The van der Waals surface area contributed by atoms with Crippen molar-refractivity contribution in [1.82, 2.24) is 10.2 Å². The number of rotatable bonds is 5. The van der Waals surface area contributed by atoms with Gasteiger partial charge < -0.3 is 10.2 Å². The van der Waals surface area contributed by atoms with Gasteiger partial charge in [-0.3, -0.25) is 4.79 Å². The summed E-state index contributed by atoms with van der Waals surface area (Å²) >= 11 is 3.31. The zero-order valence-electron chi connectivity index (χ0n) is 12.4. The summed E-state index contributed by atoms with van der Waals surface area (Å²) in [6.07, 6.45) is 2.18. The van der Waals surface area contributed by atoms with Crippen molar-refractivity contribution in [2.24, 2.45) is 0 Å². The molecule has 2 fully saturated rings. The molecule has 0 aliphatic carbocycles. The van der Waals surface area contributed by atoms with E-state index in [9.17, 15) is 13.2 Å². The van der Waals surface area contributed by atoms with Gasteiger partial charge in [-0.25, -0.2) is 8.42 Å². The lowest BCUT2D eigenvalue weighted by molar-refractivity contribution is -0.128. The molecule has 0 aromatic rings. The first-order chi connectivity index (χ1) is 10.0. The Morgan fingerprint density at radius 2 is 2.10 bits per heavy atom. The second kappa shape index (κ2) is 8.08. The number of thioether (sulfide) groups is 2. The molecule has 122 valence electrons. The van der Waals surface area contributed by atoms with Gasteiger partial charge in [0.2, 0.25) is 5.91 Å². The van der Waals surface area contributed by atoms with Gasteiger partial charge in [-0.2, -0.15) is 11.8 Å². The highest BCUT2D eigenvalue weighted by Crippen LogP contribution is 2.25. The summed E-state index contributed by atoms with van der Waals surface area (Å²) in [6, 6.07) is 0. The molecule has 0 radical (unpaired) electrons. The third-order valence-electron chi connectivity index (χ3n) is 3.95. The van der Waals surface area contributed by atoms with E-state index in [0.29, 0.717) is 23.3 Å². The van der Waals surface area contributed by atoms with Gasteiger partial charge in [0.1, 0.15) is 5.37 Å². The second-order valence-electron chi connectivity index (χ2n) is 5.33. The summed E-state index contributed by atoms with van der Waals surface area (Å²) < 4.78 is 24.3. The summed E-state index contributed by atoms with van der Waals surface area (Å²) in [6.45, 7) is 4.24. The molecule has 2 aliphatic heterocycles. The van der Waals surface area contributed by atoms with E-state index in [4.69, 9.17) is 0 Å². The molecule has 1 amide bonds. The summed E-state index contributed by atoms with van der Waals surface area (Å²) in [5, 5.41) is 3.21. The van der Waals surface area contributed by atoms with Gasteiger partial charge in [0.15, 0.2) is 9.84 Å². The number of nitrogens with one attached hydrogen (secondary N) is 1. The first-order valence-electron chi connectivity index (χ1n) is 7.45. The van der Waals surface area contributed by atoms with Crippen LogP contribution in [0.5, 0.6) is 0 Å². The van der Waals surface area contributed by atoms with Crippen LogP contribution in [0, 0.1) is 0 Å². The molecule has 0 bridgehead atoms. The number of amides is 1. The number of hydrogen-bond donors (Lipinski definition) is 1. The molecular weight excluding hydrogens is 328 g/mol. The lowest BCUT2D eigenvalue weighted by Crippen LogP contribution is -2.51. The number of piperidine rings is 1. The predicted molar refractivity (Wildman–Crippen MR) is 90.6 cm³/mol. The smallest absolute Gasteiger partial charge is 0.233 e. The van der Waals surface area contributed by atoms with Gasteiger partial charge in [-0.15, -0.1) is 11.8 Å². The predicted octanol–water partition coefficient (Wildman–Crippen LogP) is 0.808. The number of carbonyl (C=O) groups excluding carboxylic acids is 1. The first kappa shape index (κ1) is 17.4. The Bertz CT molecular complexity index is 450. The average Bonchev–Trinajstić information content (AvgIpc) is 2.53. The maximum atomic E-state index is 12.4. The Morgan fingerprint density at radius 1 is 1.38 bits per heavy atom. The molecular formula is C13H24N2O3S3. The van der Waals surface area contributed by atoms with Crippen LogP contribution in [-0.2, 0) is 14.6 Å². The van der Waals surface area contributed by atoms with E-state index in [1.807, 2.05) is 0 Å². The maximum Gasteiger partial charge on any atom is 0.233 e. The fourth-order valence-electron chi connectivity index (χ4n) is 2.59. The molecule has 0 saturated carbocycles. The Kier molecular flexibility index (Phi) is 6.71. The third-order valence-corrected chi connectivity index (χ3v) is 8.60. The van der Waals surface area contributed by atoms with Gasteiger partial charge in [0.05, 0.1) is 5.75 Å². The van der Waals surface area contributed by atoms with Crippen LogP contribution in [0.25, 0.3) is 0 Å². The quantitative estimate of drug-likeness (QED) is 0.790. The molecule has 2 heterocycles. The molecule has 2 aliphatic rings. The minimum absolute atomic E-state index is 0.0131. The summed E-state index contributed by atoms with van der Waals surface area (Å²) in [5.41, 5.74) is 0. The van der Waals surface area contributed by atoms with Crippen LogP contribution in [0.4, 0.5) is 0 Å². The molecule has 0 aromatic heterocycles. The van der Waals surface area contributed by atoms with Gasteiger partial charge in [0.25, 0.3) is 0 Å². The van der Waals surface area contributed by atoms with Crippen molar-refractivity contribution in [1.29, 1.82) is 0 Å². The molecule has 0 spiro atoms. The first-order valence-corrected chi connectivity index (χ1v) is 11.4. The largest absolute Gasteiger partial charge is 0.323 e. The van der Waals surface area contributed by atoms with Crippen molar-refractivity contribution >= 4 is 39.3 Å². The average molecular weight is 353 g/mol. The van der Waals surface area contributed by atoms with Crippen molar-refractivity contribution in [3.8, 4) is 0 Å². The van der Waals surface area contributed by atoms with Gasteiger partial charge in [-0.1, -0.05) is 6.92 Å². The standard InChI is InChI=1S/C13H24N2O3S3/c1-2-21(17,18)13-10-19-8-7-15(13)12(16)9-20-11-3-5-14-6-4-11/h11,13-14H,2-10H2,1H3. The fourth-order valence-corrected chi connectivity index (χ4v) is 6.69. The summed E-state index contributed by atoms with van der Waals surface area (Å²) in [5.74, 6) is 1.84. The number of hydrogen-bond acceptors (Lipinski definition) is 6. The van der Waals surface area contributed by atoms with E-state index in [-0.39, 0.29) is 11.7 Å². The monoisotopic (exact) mass is 352 g/mol. The molecule has 0 aromatic carbocycles. The second-order valence-corrected chi connectivity index (χ2v) is 10.2. The van der Waals surface area contributed by atoms with Crippen molar-refractivity contribution in [2.75, 3.05) is 42.6 Å². The fraction of sp³-hybridized carbons (Fsp3) is 0.923. The van der Waals surface area contributed by atoms with E-state index >= 15 is 0 Å². The van der Waals surface area contributed by atoms with Crippen LogP contribution in [0.15, 0.2) is 0 Å². The maximum absolute atomic E-state index is 12.4. The van der Waals surface area contributed by atoms with Crippen LogP contribution in [0.3, 0.4) is 0 Å². The van der Waals surface area contributed by atoms with Crippen LogP contribution in [0.1, 0.15) is 19.8 Å². The summed E-state index contributed by atoms with van der Waals surface area (Å²) in [4.78, 5) is 14.0. The topological polar surface area (TPSA) is 66.5 Å². The van der Waals surface area contributed by atoms with Crippen LogP contribution >= 0.6 is 23.5 Å². The molecule has 1 atom stereocenters. The molecule has 1 unspecified atom stereocenters.